The van der Waals surface area contributed by atoms with Crippen molar-refractivity contribution in [1.29, 1.82) is 0 Å². The van der Waals surface area contributed by atoms with Gasteiger partial charge in [-0.1, -0.05) is 22.9 Å². The summed E-state index contributed by atoms with van der Waals surface area (Å²) in [4.78, 5) is 14.3. The number of carbonyl (C=O) groups is 1. The lowest BCUT2D eigenvalue weighted by Gasteiger charge is -2.14. The van der Waals surface area contributed by atoms with Crippen molar-refractivity contribution in [2.24, 2.45) is 5.92 Å². The maximum atomic E-state index is 13.6. The zero-order valence-electron chi connectivity index (χ0n) is 11.0. The van der Waals surface area contributed by atoms with Crippen molar-refractivity contribution < 1.29 is 9.18 Å². The Morgan fingerprint density at radius 3 is 3.00 bits per heavy atom. The van der Waals surface area contributed by atoms with Crippen LogP contribution in [-0.2, 0) is 0 Å². The van der Waals surface area contributed by atoms with Gasteiger partial charge in [0.25, 0.3) is 5.91 Å². The van der Waals surface area contributed by atoms with Crippen LogP contribution in [0.5, 0.6) is 0 Å². The van der Waals surface area contributed by atoms with Gasteiger partial charge in [0.05, 0.1) is 5.56 Å². The van der Waals surface area contributed by atoms with Gasteiger partial charge >= 0.3 is 0 Å². The lowest BCUT2D eigenvalue weighted by atomic mass is 10.1. The largest absolute Gasteiger partial charge is 0.352 e. The standard InChI is InChI=1S/C14H18BrFN2O/c1-2-18-6-5-10(9-18)8-17-14(19)12-4-3-11(15)7-13(12)16/h3-4,7,10H,2,5-6,8-9H2,1H3,(H,17,19). The second kappa shape index (κ2) is 6.48. The van der Waals surface area contributed by atoms with E-state index in [9.17, 15) is 9.18 Å². The zero-order chi connectivity index (χ0) is 13.8. The maximum Gasteiger partial charge on any atom is 0.254 e. The van der Waals surface area contributed by atoms with Crippen LogP contribution in [0.25, 0.3) is 0 Å². The van der Waals surface area contributed by atoms with Crippen LogP contribution in [0.2, 0.25) is 0 Å². The topological polar surface area (TPSA) is 32.3 Å². The smallest absolute Gasteiger partial charge is 0.254 e. The summed E-state index contributed by atoms with van der Waals surface area (Å²) in [6, 6.07) is 4.48. The highest BCUT2D eigenvalue weighted by Crippen LogP contribution is 2.17. The van der Waals surface area contributed by atoms with Gasteiger partial charge in [0, 0.05) is 17.6 Å². The molecule has 0 saturated carbocycles. The Labute approximate surface area is 121 Å². The van der Waals surface area contributed by atoms with Crippen molar-refractivity contribution in [3.05, 3.63) is 34.1 Å². The molecule has 1 saturated heterocycles. The zero-order valence-corrected chi connectivity index (χ0v) is 12.5. The van der Waals surface area contributed by atoms with Crippen molar-refractivity contribution >= 4 is 21.8 Å². The van der Waals surface area contributed by atoms with Crippen molar-refractivity contribution in [3.63, 3.8) is 0 Å². The van der Waals surface area contributed by atoms with Crippen LogP contribution in [0.1, 0.15) is 23.7 Å². The Bertz CT molecular complexity index is 467. The first-order valence-electron chi connectivity index (χ1n) is 6.55. The van der Waals surface area contributed by atoms with Crippen LogP contribution in [-0.4, -0.2) is 37.0 Å². The van der Waals surface area contributed by atoms with Crippen molar-refractivity contribution in [1.82, 2.24) is 10.2 Å². The maximum absolute atomic E-state index is 13.6. The molecular weight excluding hydrogens is 311 g/mol. The predicted octanol–water partition coefficient (Wildman–Crippen LogP) is 2.66. The number of likely N-dealkylation sites (tertiary alicyclic amines) is 1. The highest BCUT2D eigenvalue weighted by Gasteiger charge is 2.22. The van der Waals surface area contributed by atoms with Crippen molar-refractivity contribution in [3.8, 4) is 0 Å². The molecule has 1 heterocycles. The third-order valence-corrected chi connectivity index (χ3v) is 4.04. The SMILES string of the molecule is CCN1CCC(CNC(=O)c2ccc(Br)cc2F)C1. The lowest BCUT2D eigenvalue weighted by Crippen LogP contribution is -2.31. The van der Waals surface area contributed by atoms with E-state index in [-0.39, 0.29) is 11.5 Å². The molecule has 1 unspecified atom stereocenters. The molecule has 104 valence electrons. The van der Waals surface area contributed by atoms with Gasteiger partial charge in [0.1, 0.15) is 5.82 Å². The molecule has 0 aromatic heterocycles. The molecule has 1 N–H and O–H groups in total. The fourth-order valence-corrected chi connectivity index (χ4v) is 2.71. The Morgan fingerprint density at radius 2 is 2.37 bits per heavy atom. The van der Waals surface area contributed by atoms with Gasteiger partial charge in [0.2, 0.25) is 0 Å². The fourth-order valence-electron chi connectivity index (χ4n) is 2.37. The summed E-state index contributed by atoms with van der Waals surface area (Å²) in [7, 11) is 0. The third kappa shape index (κ3) is 3.76. The Kier molecular flexibility index (Phi) is 4.93. The molecule has 5 heteroatoms. The molecule has 1 aromatic carbocycles. The molecule has 0 bridgehead atoms. The highest BCUT2D eigenvalue weighted by atomic mass is 79.9. The minimum atomic E-state index is -0.492. The molecule has 19 heavy (non-hydrogen) atoms. The van der Waals surface area contributed by atoms with Gasteiger partial charge < -0.3 is 10.2 Å². The van der Waals surface area contributed by atoms with E-state index in [0.717, 1.165) is 26.1 Å². The van der Waals surface area contributed by atoms with E-state index in [1.807, 2.05) is 0 Å². The monoisotopic (exact) mass is 328 g/mol. The summed E-state index contributed by atoms with van der Waals surface area (Å²) in [5, 5.41) is 2.82. The summed E-state index contributed by atoms with van der Waals surface area (Å²) >= 11 is 3.18. The Morgan fingerprint density at radius 1 is 1.58 bits per heavy atom. The summed E-state index contributed by atoms with van der Waals surface area (Å²) in [5.41, 5.74) is 0.105. The molecule has 3 nitrogen and oxygen atoms in total. The van der Waals surface area contributed by atoms with Gasteiger partial charge in [-0.15, -0.1) is 0 Å². The van der Waals surface area contributed by atoms with Gasteiger partial charge in [-0.3, -0.25) is 4.79 Å². The van der Waals surface area contributed by atoms with Gasteiger partial charge in [-0.05, 0) is 43.6 Å². The van der Waals surface area contributed by atoms with Gasteiger partial charge in [-0.25, -0.2) is 4.39 Å². The minimum absolute atomic E-state index is 0.105. The first kappa shape index (κ1) is 14.5. The fraction of sp³-hybridized carbons (Fsp3) is 0.500. The highest BCUT2D eigenvalue weighted by molar-refractivity contribution is 9.10. The van der Waals surface area contributed by atoms with Gasteiger partial charge in [0.15, 0.2) is 0 Å². The molecule has 1 aromatic rings. The molecule has 1 fully saturated rings. The summed E-state index contributed by atoms with van der Waals surface area (Å²) in [5.74, 6) is -0.351. The molecule has 0 spiro atoms. The number of nitrogens with one attached hydrogen (secondary N) is 1. The van der Waals surface area contributed by atoms with E-state index in [0.29, 0.717) is 16.9 Å². The number of hydrogen-bond donors (Lipinski definition) is 1. The van der Waals surface area contributed by atoms with E-state index >= 15 is 0 Å². The minimum Gasteiger partial charge on any atom is -0.352 e. The van der Waals surface area contributed by atoms with Crippen LogP contribution >= 0.6 is 15.9 Å². The average Bonchev–Trinajstić information content (AvgIpc) is 2.84. The number of hydrogen-bond acceptors (Lipinski definition) is 2. The molecular formula is C14H18BrFN2O. The van der Waals surface area contributed by atoms with E-state index in [1.54, 1.807) is 6.07 Å². The number of carbonyl (C=O) groups excluding carboxylic acids is 1. The van der Waals surface area contributed by atoms with Crippen molar-refractivity contribution in [2.45, 2.75) is 13.3 Å². The number of nitrogens with zero attached hydrogens (tertiary/aromatic N) is 1. The molecule has 0 aliphatic carbocycles. The molecule has 1 aliphatic rings. The normalized spacial score (nSPS) is 19.6. The van der Waals surface area contributed by atoms with E-state index in [4.69, 9.17) is 0 Å². The van der Waals surface area contributed by atoms with Crippen LogP contribution < -0.4 is 5.32 Å². The third-order valence-electron chi connectivity index (χ3n) is 3.54. The summed E-state index contributed by atoms with van der Waals surface area (Å²) in [6.45, 7) is 5.90. The van der Waals surface area contributed by atoms with E-state index < -0.39 is 5.82 Å². The predicted molar refractivity (Wildman–Crippen MR) is 76.7 cm³/mol. The second-order valence-electron chi connectivity index (χ2n) is 4.88. The van der Waals surface area contributed by atoms with Crippen LogP contribution in [0, 0.1) is 11.7 Å². The quantitative estimate of drug-likeness (QED) is 0.921. The molecule has 1 amide bonds. The van der Waals surface area contributed by atoms with E-state index in [1.165, 1.54) is 12.1 Å². The van der Waals surface area contributed by atoms with Gasteiger partial charge in [-0.2, -0.15) is 0 Å². The summed E-state index contributed by atoms with van der Waals surface area (Å²) < 4.78 is 14.3. The number of halogens is 2. The average molecular weight is 329 g/mol. The molecule has 1 aliphatic heterocycles. The Hall–Kier alpha value is -0.940. The first-order valence-corrected chi connectivity index (χ1v) is 7.35. The molecule has 1 atom stereocenters. The molecule has 0 radical (unpaired) electrons. The first-order chi connectivity index (χ1) is 9.10. The second-order valence-corrected chi connectivity index (χ2v) is 5.80. The van der Waals surface area contributed by atoms with Crippen LogP contribution in [0.15, 0.2) is 22.7 Å². The van der Waals surface area contributed by atoms with E-state index in [2.05, 4.69) is 33.1 Å². The Balaban J connectivity index is 1.88. The van der Waals surface area contributed by atoms with Crippen molar-refractivity contribution in [2.75, 3.05) is 26.2 Å². The van der Waals surface area contributed by atoms with Crippen LogP contribution in [0.4, 0.5) is 4.39 Å². The lowest BCUT2D eigenvalue weighted by molar-refractivity contribution is 0.0943. The number of rotatable bonds is 4. The number of benzene rings is 1. The summed E-state index contributed by atoms with van der Waals surface area (Å²) in [6.07, 6.45) is 1.09. The molecule has 2 rings (SSSR count). The number of amides is 1. The van der Waals surface area contributed by atoms with Crippen LogP contribution in [0.3, 0.4) is 0 Å².